The average Bonchev–Trinajstić information content (AvgIpc) is 2.33. The van der Waals surface area contributed by atoms with E-state index in [0.29, 0.717) is 5.92 Å². The number of benzene rings is 1. The summed E-state index contributed by atoms with van der Waals surface area (Å²) in [5.41, 5.74) is 5.55. The summed E-state index contributed by atoms with van der Waals surface area (Å²) < 4.78 is 0. The van der Waals surface area contributed by atoms with E-state index < -0.39 is 0 Å². The molecule has 1 atom stereocenters. The third kappa shape index (κ3) is 3.59. The fourth-order valence-electron chi connectivity index (χ4n) is 1.97. The SMILES string of the molecule is C/C=C(\C=C/CC)C(C)c1ccc(C)c(C)c1. The van der Waals surface area contributed by atoms with Gasteiger partial charge >= 0.3 is 0 Å². The molecule has 0 aliphatic rings. The summed E-state index contributed by atoms with van der Waals surface area (Å²) in [4.78, 5) is 0. The summed E-state index contributed by atoms with van der Waals surface area (Å²) in [6.07, 6.45) is 7.79. The van der Waals surface area contributed by atoms with E-state index in [0.717, 1.165) is 6.42 Å². The number of rotatable bonds is 4. The molecule has 0 saturated heterocycles. The number of hydrogen-bond donors (Lipinski definition) is 0. The molecular formula is C17H24. The highest BCUT2D eigenvalue weighted by molar-refractivity contribution is 5.38. The largest absolute Gasteiger partial charge is 0.0845 e. The molecule has 0 aromatic heterocycles. The Morgan fingerprint density at radius 3 is 2.47 bits per heavy atom. The number of aryl methyl sites for hydroxylation is 2. The zero-order valence-corrected chi connectivity index (χ0v) is 11.7. The van der Waals surface area contributed by atoms with Crippen molar-refractivity contribution in [3.63, 3.8) is 0 Å². The van der Waals surface area contributed by atoms with Crippen LogP contribution in [0, 0.1) is 13.8 Å². The Morgan fingerprint density at radius 1 is 1.24 bits per heavy atom. The Bertz CT molecular complexity index is 422. The summed E-state index contributed by atoms with van der Waals surface area (Å²) >= 11 is 0. The Labute approximate surface area is 106 Å². The molecule has 0 spiro atoms. The molecular weight excluding hydrogens is 204 g/mol. The van der Waals surface area contributed by atoms with E-state index in [2.05, 4.69) is 71.0 Å². The molecule has 1 aromatic carbocycles. The van der Waals surface area contributed by atoms with Crippen LogP contribution in [0.5, 0.6) is 0 Å². The van der Waals surface area contributed by atoms with Gasteiger partial charge in [0.1, 0.15) is 0 Å². The molecule has 0 saturated carbocycles. The minimum absolute atomic E-state index is 0.474. The minimum atomic E-state index is 0.474. The van der Waals surface area contributed by atoms with Gasteiger partial charge in [0.2, 0.25) is 0 Å². The van der Waals surface area contributed by atoms with Gasteiger partial charge in [0.25, 0.3) is 0 Å². The van der Waals surface area contributed by atoms with Crippen LogP contribution in [0.1, 0.15) is 49.8 Å². The Morgan fingerprint density at radius 2 is 1.94 bits per heavy atom. The van der Waals surface area contributed by atoms with Crippen LogP contribution in [0.2, 0.25) is 0 Å². The van der Waals surface area contributed by atoms with Crippen LogP contribution in [0.4, 0.5) is 0 Å². The predicted octanol–water partition coefficient (Wildman–Crippen LogP) is 5.32. The van der Waals surface area contributed by atoms with E-state index in [4.69, 9.17) is 0 Å². The van der Waals surface area contributed by atoms with E-state index in [1.807, 2.05) is 0 Å². The molecule has 0 fully saturated rings. The van der Waals surface area contributed by atoms with E-state index >= 15 is 0 Å². The fraction of sp³-hybridized carbons (Fsp3) is 0.412. The van der Waals surface area contributed by atoms with Crippen molar-refractivity contribution < 1.29 is 0 Å². The number of allylic oxidation sites excluding steroid dienone is 4. The summed E-state index contributed by atoms with van der Waals surface area (Å²) in [6, 6.07) is 6.78. The molecule has 0 aliphatic heterocycles. The summed E-state index contributed by atoms with van der Waals surface area (Å²) in [7, 11) is 0. The average molecular weight is 228 g/mol. The highest BCUT2D eigenvalue weighted by Gasteiger charge is 2.08. The maximum absolute atomic E-state index is 2.31. The molecule has 0 heterocycles. The molecule has 0 N–H and O–H groups in total. The molecule has 0 heteroatoms. The second kappa shape index (κ2) is 6.44. The van der Waals surface area contributed by atoms with Gasteiger partial charge in [-0.25, -0.2) is 0 Å². The van der Waals surface area contributed by atoms with Gasteiger partial charge in [0, 0.05) is 5.92 Å². The van der Waals surface area contributed by atoms with Gasteiger partial charge in [-0.05, 0) is 49.5 Å². The summed E-state index contributed by atoms with van der Waals surface area (Å²) in [5, 5.41) is 0. The first-order valence-electron chi connectivity index (χ1n) is 6.50. The van der Waals surface area contributed by atoms with Crippen molar-refractivity contribution >= 4 is 0 Å². The molecule has 1 aromatic rings. The monoisotopic (exact) mass is 228 g/mol. The second-order valence-electron chi connectivity index (χ2n) is 4.66. The Kier molecular flexibility index (Phi) is 5.21. The first-order valence-corrected chi connectivity index (χ1v) is 6.50. The summed E-state index contributed by atoms with van der Waals surface area (Å²) in [5.74, 6) is 0.474. The van der Waals surface area contributed by atoms with Crippen LogP contribution < -0.4 is 0 Å². The molecule has 0 aliphatic carbocycles. The molecule has 0 radical (unpaired) electrons. The zero-order chi connectivity index (χ0) is 12.8. The van der Waals surface area contributed by atoms with E-state index in [1.165, 1.54) is 22.3 Å². The quantitative estimate of drug-likeness (QED) is 0.612. The van der Waals surface area contributed by atoms with Gasteiger partial charge in [-0.2, -0.15) is 0 Å². The maximum atomic E-state index is 2.31. The maximum Gasteiger partial charge on any atom is 0.00577 e. The highest BCUT2D eigenvalue weighted by atomic mass is 14.1. The van der Waals surface area contributed by atoms with Crippen LogP contribution in [0.15, 0.2) is 42.0 Å². The molecule has 92 valence electrons. The lowest BCUT2D eigenvalue weighted by molar-refractivity contribution is 0.912. The highest BCUT2D eigenvalue weighted by Crippen LogP contribution is 2.26. The fourth-order valence-corrected chi connectivity index (χ4v) is 1.97. The van der Waals surface area contributed by atoms with Crippen molar-refractivity contribution in [1.82, 2.24) is 0 Å². The third-order valence-electron chi connectivity index (χ3n) is 3.41. The zero-order valence-electron chi connectivity index (χ0n) is 11.7. The van der Waals surface area contributed by atoms with Crippen molar-refractivity contribution in [1.29, 1.82) is 0 Å². The Balaban J connectivity index is 2.98. The third-order valence-corrected chi connectivity index (χ3v) is 3.41. The van der Waals surface area contributed by atoms with Crippen LogP contribution in [-0.2, 0) is 0 Å². The standard InChI is InChI=1S/C17H24/c1-6-8-9-16(7-2)15(5)17-11-10-13(3)14(4)12-17/h7-12,15H,6H2,1-5H3/b9-8-,16-7+. The van der Waals surface area contributed by atoms with Crippen LogP contribution in [-0.4, -0.2) is 0 Å². The molecule has 1 rings (SSSR count). The lowest BCUT2D eigenvalue weighted by atomic mass is 9.90. The smallest absolute Gasteiger partial charge is 0.00577 e. The predicted molar refractivity (Wildman–Crippen MR) is 77.5 cm³/mol. The van der Waals surface area contributed by atoms with Gasteiger partial charge in [-0.15, -0.1) is 0 Å². The molecule has 1 unspecified atom stereocenters. The van der Waals surface area contributed by atoms with Gasteiger partial charge < -0.3 is 0 Å². The molecule has 17 heavy (non-hydrogen) atoms. The second-order valence-corrected chi connectivity index (χ2v) is 4.66. The van der Waals surface area contributed by atoms with Gasteiger partial charge in [-0.3, -0.25) is 0 Å². The lowest BCUT2D eigenvalue weighted by Crippen LogP contribution is -1.97. The number of hydrogen-bond acceptors (Lipinski definition) is 0. The van der Waals surface area contributed by atoms with Crippen LogP contribution in [0.3, 0.4) is 0 Å². The van der Waals surface area contributed by atoms with Crippen molar-refractivity contribution in [2.24, 2.45) is 0 Å². The van der Waals surface area contributed by atoms with E-state index in [1.54, 1.807) is 0 Å². The molecule has 0 nitrogen and oxygen atoms in total. The van der Waals surface area contributed by atoms with Crippen molar-refractivity contribution in [2.75, 3.05) is 0 Å². The van der Waals surface area contributed by atoms with Gasteiger partial charge in [0.05, 0.1) is 0 Å². The van der Waals surface area contributed by atoms with Crippen molar-refractivity contribution in [3.05, 3.63) is 58.7 Å². The van der Waals surface area contributed by atoms with E-state index in [-0.39, 0.29) is 0 Å². The van der Waals surface area contributed by atoms with Crippen LogP contribution in [0.25, 0.3) is 0 Å². The first-order chi connectivity index (χ1) is 8.10. The van der Waals surface area contributed by atoms with Crippen molar-refractivity contribution in [2.45, 2.75) is 47.0 Å². The van der Waals surface area contributed by atoms with Gasteiger partial charge in [-0.1, -0.05) is 50.3 Å². The molecule has 0 amide bonds. The minimum Gasteiger partial charge on any atom is -0.0845 e. The van der Waals surface area contributed by atoms with Crippen molar-refractivity contribution in [3.8, 4) is 0 Å². The summed E-state index contributed by atoms with van der Waals surface area (Å²) in [6.45, 7) is 10.9. The topological polar surface area (TPSA) is 0 Å². The normalized spacial score (nSPS) is 14.3. The Hall–Kier alpha value is -1.30. The first kappa shape index (κ1) is 13.8. The lowest BCUT2D eigenvalue weighted by Gasteiger charge is -2.15. The van der Waals surface area contributed by atoms with Crippen LogP contribution >= 0.6 is 0 Å². The molecule has 0 bridgehead atoms. The van der Waals surface area contributed by atoms with E-state index in [9.17, 15) is 0 Å². The van der Waals surface area contributed by atoms with Gasteiger partial charge in [0.15, 0.2) is 0 Å².